The fraction of sp³-hybridized carbons (Fsp3) is 0.286. The number of esters is 1. The van der Waals surface area contributed by atoms with Crippen molar-refractivity contribution < 1.29 is 28.8 Å². The second-order valence-corrected chi connectivity index (χ2v) is 6.87. The number of methoxy groups -OCH3 is 1. The molecule has 0 atom stereocenters. The Balaban J connectivity index is 2.04. The van der Waals surface area contributed by atoms with Gasteiger partial charge in [-0.05, 0) is 42.3 Å². The van der Waals surface area contributed by atoms with Gasteiger partial charge in [-0.1, -0.05) is 13.8 Å². The molecule has 0 saturated carbocycles. The van der Waals surface area contributed by atoms with E-state index in [0.717, 1.165) is 13.2 Å². The maximum absolute atomic E-state index is 12.3. The molecule has 2 rings (SSSR count). The molecule has 0 aliphatic heterocycles. The topological polar surface area (TPSA) is 125 Å². The van der Waals surface area contributed by atoms with Gasteiger partial charge in [0.2, 0.25) is 5.91 Å². The lowest BCUT2D eigenvalue weighted by molar-refractivity contribution is -0.385. The van der Waals surface area contributed by atoms with E-state index in [-0.39, 0.29) is 23.1 Å². The van der Waals surface area contributed by atoms with E-state index < -0.39 is 29.0 Å². The van der Waals surface area contributed by atoms with Crippen LogP contribution in [0.2, 0.25) is 0 Å². The highest BCUT2D eigenvalue weighted by Gasteiger charge is 2.20. The Morgan fingerprint density at radius 1 is 1.07 bits per heavy atom. The van der Waals surface area contributed by atoms with Crippen molar-refractivity contribution in [1.82, 2.24) is 0 Å². The molecule has 1 N–H and O–H groups in total. The first-order chi connectivity index (χ1) is 14.2. The second kappa shape index (κ2) is 10.1. The highest BCUT2D eigenvalue weighted by atomic mass is 16.6. The lowest BCUT2D eigenvalue weighted by atomic mass is 10.1. The van der Waals surface area contributed by atoms with Crippen molar-refractivity contribution in [2.75, 3.05) is 19.0 Å². The first-order valence-electron chi connectivity index (χ1n) is 9.14. The van der Waals surface area contributed by atoms with Gasteiger partial charge in [0.05, 0.1) is 17.6 Å². The number of nitrogens with one attached hydrogen (secondary N) is 1. The molecule has 0 aliphatic carbocycles. The number of Topliss-reactive ketones (excluding diaryl/α,β-unsaturated/α-hetero) is 1. The molecular weight excluding hydrogens is 392 g/mol. The van der Waals surface area contributed by atoms with Crippen LogP contribution in [-0.2, 0) is 9.53 Å². The molecule has 0 unspecified atom stereocenters. The molecule has 0 aromatic heterocycles. The van der Waals surface area contributed by atoms with E-state index in [1.54, 1.807) is 12.1 Å². The summed E-state index contributed by atoms with van der Waals surface area (Å²) in [6.45, 7) is 3.45. The van der Waals surface area contributed by atoms with Crippen molar-refractivity contribution in [3.8, 4) is 5.75 Å². The summed E-state index contributed by atoms with van der Waals surface area (Å²) in [5, 5.41) is 14.0. The second-order valence-electron chi connectivity index (χ2n) is 6.87. The van der Waals surface area contributed by atoms with Crippen molar-refractivity contribution in [3.05, 3.63) is 63.7 Å². The number of carbonyl (C=O) groups excluding carboxylic acids is 3. The standard InChI is InChI=1S/C21H22N2O7/c1-13(2)10-20(25)22-16-7-4-14(5-8-16)18(24)12-30-19-9-6-15(21(26)29-3)11-17(19)23(27)28/h4-9,11,13H,10,12H2,1-3H3,(H,22,25). The van der Waals surface area contributed by atoms with Gasteiger partial charge in [0.1, 0.15) is 0 Å². The van der Waals surface area contributed by atoms with E-state index in [9.17, 15) is 24.5 Å². The van der Waals surface area contributed by atoms with Crippen LogP contribution in [-0.4, -0.2) is 36.3 Å². The quantitative estimate of drug-likeness (QED) is 0.287. The molecule has 0 fully saturated rings. The highest BCUT2D eigenvalue weighted by Crippen LogP contribution is 2.28. The Morgan fingerprint density at radius 3 is 2.27 bits per heavy atom. The van der Waals surface area contributed by atoms with Gasteiger partial charge in [-0.2, -0.15) is 0 Å². The Morgan fingerprint density at radius 2 is 1.70 bits per heavy atom. The average molecular weight is 414 g/mol. The zero-order valence-electron chi connectivity index (χ0n) is 16.8. The smallest absolute Gasteiger partial charge is 0.338 e. The largest absolute Gasteiger partial charge is 0.478 e. The van der Waals surface area contributed by atoms with Crippen LogP contribution in [0.5, 0.6) is 5.75 Å². The Hall–Kier alpha value is -3.75. The van der Waals surface area contributed by atoms with Crippen LogP contribution in [0.15, 0.2) is 42.5 Å². The number of rotatable bonds is 9. The first-order valence-corrected chi connectivity index (χ1v) is 9.14. The number of ether oxygens (including phenoxy) is 2. The normalized spacial score (nSPS) is 10.4. The zero-order valence-corrected chi connectivity index (χ0v) is 16.8. The molecule has 30 heavy (non-hydrogen) atoms. The molecule has 0 bridgehead atoms. The number of ketones is 1. The first kappa shape index (κ1) is 22.5. The van der Waals surface area contributed by atoms with Gasteiger partial charge < -0.3 is 14.8 Å². The van der Waals surface area contributed by atoms with Gasteiger partial charge in [-0.3, -0.25) is 19.7 Å². The minimum atomic E-state index is -0.721. The molecule has 2 aromatic carbocycles. The van der Waals surface area contributed by atoms with E-state index in [2.05, 4.69) is 10.1 Å². The van der Waals surface area contributed by atoms with Crippen LogP contribution >= 0.6 is 0 Å². The third-order valence-corrected chi connectivity index (χ3v) is 4.02. The molecule has 0 radical (unpaired) electrons. The van der Waals surface area contributed by atoms with Crippen LogP contribution in [0.25, 0.3) is 0 Å². The van der Waals surface area contributed by atoms with Crippen molar-refractivity contribution in [2.24, 2.45) is 5.92 Å². The Bertz CT molecular complexity index is 952. The fourth-order valence-corrected chi connectivity index (χ4v) is 2.58. The van der Waals surface area contributed by atoms with Crippen LogP contribution < -0.4 is 10.1 Å². The fourth-order valence-electron chi connectivity index (χ4n) is 2.58. The summed E-state index contributed by atoms with van der Waals surface area (Å²) in [4.78, 5) is 46.2. The molecular formula is C21H22N2O7. The summed E-state index contributed by atoms with van der Waals surface area (Å²) in [6, 6.07) is 9.84. The monoisotopic (exact) mass is 414 g/mol. The van der Waals surface area contributed by atoms with Gasteiger partial charge in [-0.15, -0.1) is 0 Å². The van der Waals surface area contributed by atoms with E-state index >= 15 is 0 Å². The van der Waals surface area contributed by atoms with Gasteiger partial charge in [0, 0.05) is 23.7 Å². The summed E-state index contributed by atoms with van der Waals surface area (Å²) in [6.07, 6.45) is 0.391. The number of carbonyl (C=O) groups is 3. The molecule has 0 aliphatic rings. The molecule has 2 aromatic rings. The predicted octanol–water partition coefficient (Wildman–Crippen LogP) is 3.63. The van der Waals surface area contributed by atoms with Crippen molar-refractivity contribution in [1.29, 1.82) is 0 Å². The molecule has 9 nitrogen and oxygen atoms in total. The molecule has 9 heteroatoms. The number of hydrogen-bond acceptors (Lipinski definition) is 7. The summed E-state index contributed by atoms with van der Waals surface area (Å²) in [5.41, 5.74) is 0.435. The highest BCUT2D eigenvalue weighted by molar-refractivity contribution is 5.98. The number of hydrogen-bond donors (Lipinski definition) is 1. The molecule has 0 saturated heterocycles. The lowest BCUT2D eigenvalue weighted by Crippen LogP contribution is -2.15. The van der Waals surface area contributed by atoms with Gasteiger partial charge in [-0.25, -0.2) is 4.79 Å². The third-order valence-electron chi connectivity index (χ3n) is 4.02. The van der Waals surface area contributed by atoms with Crippen LogP contribution in [0.1, 0.15) is 41.0 Å². The summed E-state index contributed by atoms with van der Waals surface area (Å²) in [7, 11) is 1.16. The number of amides is 1. The Kier molecular flexibility index (Phi) is 7.62. The van der Waals surface area contributed by atoms with E-state index in [0.29, 0.717) is 17.7 Å². The van der Waals surface area contributed by atoms with E-state index in [1.807, 2.05) is 13.8 Å². The lowest BCUT2D eigenvalue weighted by Gasteiger charge is -2.09. The number of nitro groups is 1. The number of nitrogens with zero attached hydrogens (tertiary/aromatic N) is 1. The molecule has 1 amide bonds. The van der Waals surface area contributed by atoms with Crippen LogP contribution in [0, 0.1) is 16.0 Å². The molecule has 0 spiro atoms. The minimum absolute atomic E-state index is 0.00187. The number of anilines is 1. The SMILES string of the molecule is COC(=O)c1ccc(OCC(=O)c2ccc(NC(=O)CC(C)C)cc2)c([N+](=O)[O-])c1. The maximum atomic E-state index is 12.3. The van der Waals surface area contributed by atoms with Crippen molar-refractivity contribution in [3.63, 3.8) is 0 Å². The minimum Gasteiger partial charge on any atom is -0.478 e. The van der Waals surface area contributed by atoms with E-state index in [1.165, 1.54) is 24.3 Å². The Labute approximate surface area is 173 Å². The average Bonchev–Trinajstić information content (AvgIpc) is 2.71. The summed E-state index contributed by atoms with van der Waals surface area (Å²) in [5.74, 6) is -1.15. The summed E-state index contributed by atoms with van der Waals surface area (Å²) >= 11 is 0. The summed E-state index contributed by atoms with van der Waals surface area (Å²) < 4.78 is 9.85. The van der Waals surface area contributed by atoms with E-state index in [4.69, 9.17) is 4.74 Å². The predicted molar refractivity (Wildman–Crippen MR) is 109 cm³/mol. The van der Waals surface area contributed by atoms with Gasteiger partial charge in [0.15, 0.2) is 18.1 Å². The molecule has 158 valence electrons. The van der Waals surface area contributed by atoms with Gasteiger partial charge in [0.25, 0.3) is 0 Å². The maximum Gasteiger partial charge on any atom is 0.338 e. The third kappa shape index (κ3) is 6.13. The van der Waals surface area contributed by atoms with Gasteiger partial charge >= 0.3 is 11.7 Å². The number of benzene rings is 2. The number of nitro benzene ring substituents is 1. The van der Waals surface area contributed by atoms with Crippen molar-refractivity contribution >= 4 is 29.0 Å². The van der Waals surface area contributed by atoms with Crippen LogP contribution in [0.4, 0.5) is 11.4 Å². The van der Waals surface area contributed by atoms with Crippen LogP contribution in [0.3, 0.4) is 0 Å². The van der Waals surface area contributed by atoms with Crippen molar-refractivity contribution in [2.45, 2.75) is 20.3 Å². The zero-order chi connectivity index (χ0) is 22.3. The molecule has 0 heterocycles.